The first-order chi connectivity index (χ1) is 13.3. The van der Waals surface area contributed by atoms with E-state index in [1.165, 1.54) is 24.9 Å². The Kier molecular flexibility index (Phi) is 4.28. The van der Waals surface area contributed by atoms with Crippen molar-refractivity contribution in [2.24, 2.45) is 5.92 Å². The normalized spacial score (nSPS) is 23.5. The van der Waals surface area contributed by atoms with Gasteiger partial charge >= 0.3 is 0 Å². The van der Waals surface area contributed by atoms with Gasteiger partial charge in [-0.05, 0) is 43.9 Å². The van der Waals surface area contributed by atoms with Crippen molar-refractivity contribution >= 4 is 17.0 Å². The van der Waals surface area contributed by atoms with Crippen molar-refractivity contribution in [1.29, 1.82) is 0 Å². The van der Waals surface area contributed by atoms with Gasteiger partial charge in [-0.15, -0.1) is 0 Å². The van der Waals surface area contributed by atoms with E-state index in [1.54, 1.807) is 0 Å². The largest absolute Gasteiger partial charge is 0.338 e. The van der Waals surface area contributed by atoms with E-state index >= 15 is 0 Å². The van der Waals surface area contributed by atoms with Crippen molar-refractivity contribution in [3.8, 4) is 0 Å². The number of fused-ring (bicyclic) bond motifs is 2. The van der Waals surface area contributed by atoms with E-state index in [9.17, 15) is 0 Å². The fourth-order valence-corrected chi connectivity index (χ4v) is 4.73. The van der Waals surface area contributed by atoms with Gasteiger partial charge in [0.1, 0.15) is 5.82 Å². The molecule has 2 unspecified atom stereocenters. The number of nitrogens with zero attached hydrogens (tertiary/aromatic N) is 6. The second-order valence-corrected chi connectivity index (χ2v) is 7.85. The third kappa shape index (κ3) is 3.18. The summed E-state index contributed by atoms with van der Waals surface area (Å²) in [7, 11) is 0. The lowest BCUT2D eigenvalue weighted by Gasteiger charge is -2.46. The number of hydrogen-bond donors (Lipinski definition) is 0. The van der Waals surface area contributed by atoms with Crippen molar-refractivity contribution in [2.45, 2.75) is 32.4 Å². The SMILES string of the molecule is Cc1nc2ccccc2n1CC1CCC2CN(c3ncccn3)CCN2C1. The number of aromatic nitrogens is 4. The molecule has 4 heterocycles. The highest BCUT2D eigenvalue weighted by Gasteiger charge is 2.33. The fourth-order valence-electron chi connectivity index (χ4n) is 4.73. The molecule has 0 N–H and O–H groups in total. The summed E-state index contributed by atoms with van der Waals surface area (Å²) in [5.74, 6) is 2.70. The third-order valence-corrected chi connectivity index (χ3v) is 6.13. The van der Waals surface area contributed by atoms with Gasteiger partial charge in [-0.2, -0.15) is 0 Å². The van der Waals surface area contributed by atoms with Crippen molar-refractivity contribution < 1.29 is 0 Å². The zero-order valence-electron chi connectivity index (χ0n) is 15.8. The van der Waals surface area contributed by atoms with Gasteiger partial charge in [0, 0.05) is 51.2 Å². The highest BCUT2D eigenvalue weighted by atomic mass is 15.3. The predicted octanol–water partition coefficient (Wildman–Crippen LogP) is 2.74. The number of aryl methyl sites for hydroxylation is 1. The van der Waals surface area contributed by atoms with E-state index in [2.05, 4.69) is 55.5 Å². The van der Waals surface area contributed by atoms with Crippen LogP contribution in [0.2, 0.25) is 0 Å². The zero-order chi connectivity index (χ0) is 18.2. The maximum Gasteiger partial charge on any atom is 0.225 e. The van der Waals surface area contributed by atoms with Crippen LogP contribution in [0.25, 0.3) is 11.0 Å². The van der Waals surface area contributed by atoms with E-state index in [4.69, 9.17) is 4.98 Å². The molecule has 5 rings (SSSR count). The van der Waals surface area contributed by atoms with Crippen LogP contribution >= 0.6 is 0 Å². The Labute approximate surface area is 159 Å². The molecule has 0 amide bonds. The number of piperidine rings is 1. The summed E-state index contributed by atoms with van der Waals surface area (Å²) in [4.78, 5) is 18.6. The summed E-state index contributed by atoms with van der Waals surface area (Å²) in [6, 6.07) is 11.0. The van der Waals surface area contributed by atoms with Crippen LogP contribution in [0.5, 0.6) is 0 Å². The Balaban J connectivity index is 1.26. The molecular formula is C21H26N6. The zero-order valence-corrected chi connectivity index (χ0v) is 15.8. The highest BCUT2D eigenvalue weighted by molar-refractivity contribution is 5.75. The van der Waals surface area contributed by atoms with Gasteiger partial charge < -0.3 is 9.47 Å². The Morgan fingerprint density at radius 1 is 1.00 bits per heavy atom. The van der Waals surface area contributed by atoms with Gasteiger partial charge in [0.05, 0.1) is 11.0 Å². The minimum absolute atomic E-state index is 0.624. The second kappa shape index (κ2) is 6.93. The molecule has 0 aliphatic carbocycles. The molecule has 0 saturated carbocycles. The minimum atomic E-state index is 0.624. The fraction of sp³-hybridized carbons (Fsp3) is 0.476. The van der Waals surface area contributed by atoms with Crippen LogP contribution < -0.4 is 4.90 Å². The molecule has 27 heavy (non-hydrogen) atoms. The van der Waals surface area contributed by atoms with Crippen molar-refractivity contribution in [2.75, 3.05) is 31.1 Å². The molecule has 2 atom stereocenters. The number of piperazine rings is 1. The van der Waals surface area contributed by atoms with Crippen molar-refractivity contribution in [3.63, 3.8) is 0 Å². The lowest BCUT2D eigenvalue weighted by atomic mass is 9.91. The maximum absolute atomic E-state index is 4.73. The van der Waals surface area contributed by atoms with Gasteiger partial charge in [0.25, 0.3) is 0 Å². The average Bonchev–Trinajstić information content (AvgIpc) is 3.03. The van der Waals surface area contributed by atoms with E-state index in [0.717, 1.165) is 43.5 Å². The van der Waals surface area contributed by atoms with Crippen LogP contribution in [-0.2, 0) is 6.54 Å². The van der Waals surface area contributed by atoms with Crippen LogP contribution in [0.4, 0.5) is 5.95 Å². The Bertz CT molecular complexity index is 921. The predicted molar refractivity (Wildman–Crippen MR) is 107 cm³/mol. The molecule has 3 aromatic rings. The summed E-state index contributed by atoms with van der Waals surface area (Å²) in [5.41, 5.74) is 2.38. The molecule has 140 valence electrons. The number of para-hydroxylation sites is 2. The first kappa shape index (κ1) is 16.7. The third-order valence-electron chi connectivity index (χ3n) is 6.13. The first-order valence-corrected chi connectivity index (χ1v) is 9.96. The van der Waals surface area contributed by atoms with Crippen LogP contribution in [0.3, 0.4) is 0 Å². The molecule has 2 saturated heterocycles. The molecule has 2 aliphatic rings. The lowest BCUT2D eigenvalue weighted by molar-refractivity contribution is 0.0886. The van der Waals surface area contributed by atoms with Crippen molar-refractivity contribution in [3.05, 3.63) is 48.5 Å². The molecule has 6 heteroatoms. The van der Waals surface area contributed by atoms with Gasteiger partial charge in [0.2, 0.25) is 5.95 Å². The molecule has 0 bridgehead atoms. The van der Waals surface area contributed by atoms with Gasteiger partial charge in [0.15, 0.2) is 0 Å². The Morgan fingerprint density at radius 2 is 1.85 bits per heavy atom. The number of imidazole rings is 1. The maximum atomic E-state index is 4.73. The molecule has 2 fully saturated rings. The first-order valence-electron chi connectivity index (χ1n) is 9.96. The van der Waals surface area contributed by atoms with Gasteiger partial charge in [-0.3, -0.25) is 4.90 Å². The summed E-state index contributed by atoms with van der Waals surface area (Å²) in [6.07, 6.45) is 6.20. The lowest BCUT2D eigenvalue weighted by Crippen LogP contribution is -2.57. The van der Waals surface area contributed by atoms with Gasteiger partial charge in [-0.25, -0.2) is 15.0 Å². The second-order valence-electron chi connectivity index (χ2n) is 7.85. The van der Waals surface area contributed by atoms with E-state index in [1.807, 2.05) is 18.5 Å². The highest BCUT2D eigenvalue weighted by Crippen LogP contribution is 2.28. The van der Waals surface area contributed by atoms with E-state index in [-0.39, 0.29) is 0 Å². The monoisotopic (exact) mass is 362 g/mol. The summed E-state index contributed by atoms with van der Waals surface area (Å²) in [5, 5.41) is 0. The molecule has 6 nitrogen and oxygen atoms in total. The molecule has 0 spiro atoms. The average molecular weight is 362 g/mol. The molecular weight excluding hydrogens is 336 g/mol. The standard InChI is InChI=1S/C21H26N6/c1-16-24-19-5-2-3-6-20(19)27(16)14-17-7-8-18-15-26(12-11-25(18)13-17)21-22-9-4-10-23-21/h2-6,9-10,17-18H,7-8,11-15H2,1H3. The molecule has 2 aromatic heterocycles. The topological polar surface area (TPSA) is 50.1 Å². The molecule has 0 radical (unpaired) electrons. The van der Waals surface area contributed by atoms with Crippen molar-refractivity contribution in [1.82, 2.24) is 24.4 Å². The molecule has 1 aromatic carbocycles. The van der Waals surface area contributed by atoms with E-state index in [0.29, 0.717) is 12.0 Å². The summed E-state index contributed by atoms with van der Waals surface area (Å²) >= 11 is 0. The number of hydrogen-bond acceptors (Lipinski definition) is 5. The van der Waals surface area contributed by atoms with Crippen LogP contribution in [-0.4, -0.2) is 56.6 Å². The number of rotatable bonds is 3. The van der Waals surface area contributed by atoms with Crippen LogP contribution in [0.1, 0.15) is 18.7 Å². The number of benzene rings is 1. The van der Waals surface area contributed by atoms with Gasteiger partial charge in [-0.1, -0.05) is 12.1 Å². The number of anilines is 1. The summed E-state index contributed by atoms with van der Waals surface area (Å²) < 4.78 is 2.41. The Morgan fingerprint density at radius 3 is 2.74 bits per heavy atom. The smallest absolute Gasteiger partial charge is 0.225 e. The minimum Gasteiger partial charge on any atom is -0.338 e. The molecule has 2 aliphatic heterocycles. The quantitative estimate of drug-likeness (QED) is 0.717. The van der Waals surface area contributed by atoms with Crippen LogP contribution in [0, 0.1) is 12.8 Å². The Hall–Kier alpha value is -2.47. The van der Waals surface area contributed by atoms with E-state index < -0.39 is 0 Å². The summed E-state index contributed by atoms with van der Waals surface area (Å²) in [6.45, 7) is 7.54. The van der Waals surface area contributed by atoms with Crippen LogP contribution in [0.15, 0.2) is 42.7 Å².